The predicted octanol–water partition coefficient (Wildman–Crippen LogP) is 1.69. The van der Waals surface area contributed by atoms with E-state index >= 15 is 0 Å². The highest BCUT2D eigenvalue weighted by Gasteiger charge is 2.32. The SMILES string of the molecule is CCC(N)C(c1ccco1)N1CCN(C)C(C)C1. The van der Waals surface area contributed by atoms with Gasteiger partial charge in [0.15, 0.2) is 0 Å². The van der Waals surface area contributed by atoms with E-state index in [1.807, 2.05) is 12.1 Å². The van der Waals surface area contributed by atoms with E-state index in [1.54, 1.807) is 6.26 Å². The van der Waals surface area contributed by atoms with Gasteiger partial charge in [-0.2, -0.15) is 0 Å². The molecule has 18 heavy (non-hydrogen) atoms. The summed E-state index contributed by atoms with van der Waals surface area (Å²) in [5, 5.41) is 0. The van der Waals surface area contributed by atoms with E-state index in [0.717, 1.165) is 31.8 Å². The van der Waals surface area contributed by atoms with Gasteiger partial charge in [-0.3, -0.25) is 4.90 Å². The fourth-order valence-corrected chi connectivity index (χ4v) is 2.67. The summed E-state index contributed by atoms with van der Waals surface area (Å²) in [4.78, 5) is 4.87. The minimum Gasteiger partial charge on any atom is -0.468 e. The van der Waals surface area contributed by atoms with Crippen LogP contribution in [0.25, 0.3) is 0 Å². The molecule has 1 saturated heterocycles. The molecule has 0 spiro atoms. The van der Waals surface area contributed by atoms with Crippen molar-refractivity contribution in [1.82, 2.24) is 9.80 Å². The zero-order valence-electron chi connectivity index (χ0n) is 11.7. The maximum absolute atomic E-state index is 6.30. The minimum atomic E-state index is 0.131. The second kappa shape index (κ2) is 5.87. The van der Waals surface area contributed by atoms with E-state index in [9.17, 15) is 0 Å². The molecule has 1 aliphatic rings. The van der Waals surface area contributed by atoms with Crippen molar-refractivity contribution in [2.45, 2.75) is 38.4 Å². The molecule has 3 atom stereocenters. The Kier molecular flexibility index (Phi) is 4.43. The van der Waals surface area contributed by atoms with Crippen LogP contribution in [0, 0.1) is 0 Å². The zero-order chi connectivity index (χ0) is 13.1. The van der Waals surface area contributed by atoms with Crippen LogP contribution in [0.15, 0.2) is 22.8 Å². The lowest BCUT2D eigenvalue weighted by Crippen LogP contribution is -2.53. The van der Waals surface area contributed by atoms with Crippen molar-refractivity contribution in [3.05, 3.63) is 24.2 Å². The van der Waals surface area contributed by atoms with Crippen molar-refractivity contribution < 1.29 is 4.42 Å². The van der Waals surface area contributed by atoms with E-state index in [4.69, 9.17) is 10.2 Å². The molecule has 2 rings (SSSR count). The molecule has 4 nitrogen and oxygen atoms in total. The third-order valence-corrected chi connectivity index (χ3v) is 4.10. The summed E-state index contributed by atoms with van der Waals surface area (Å²) in [7, 11) is 2.18. The quantitative estimate of drug-likeness (QED) is 0.884. The van der Waals surface area contributed by atoms with Gasteiger partial charge in [-0.1, -0.05) is 6.92 Å². The van der Waals surface area contributed by atoms with Crippen LogP contribution in [0.2, 0.25) is 0 Å². The fraction of sp³-hybridized carbons (Fsp3) is 0.714. The Balaban J connectivity index is 2.14. The summed E-state index contributed by atoms with van der Waals surface area (Å²) >= 11 is 0. The fourth-order valence-electron chi connectivity index (χ4n) is 2.67. The van der Waals surface area contributed by atoms with Gasteiger partial charge in [-0.25, -0.2) is 0 Å². The molecule has 0 bridgehead atoms. The van der Waals surface area contributed by atoms with Crippen LogP contribution in [-0.4, -0.2) is 48.6 Å². The Bertz CT molecular complexity index is 352. The van der Waals surface area contributed by atoms with E-state index < -0.39 is 0 Å². The highest BCUT2D eigenvalue weighted by atomic mass is 16.3. The lowest BCUT2D eigenvalue weighted by atomic mass is 10.00. The summed E-state index contributed by atoms with van der Waals surface area (Å²) in [6.45, 7) is 7.60. The minimum absolute atomic E-state index is 0.131. The summed E-state index contributed by atoms with van der Waals surface area (Å²) in [5.74, 6) is 1.00. The third kappa shape index (κ3) is 2.76. The normalized spacial score (nSPS) is 26.1. The highest BCUT2D eigenvalue weighted by Crippen LogP contribution is 2.27. The molecule has 0 radical (unpaired) electrons. The average Bonchev–Trinajstić information content (AvgIpc) is 2.87. The first-order valence-corrected chi connectivity index (χ1v) is 6.86. The van der Waals surface area contributed by atoms with Crippen molar-refractivity contribution in [2.75, 3.05) is 26.7 Å². The molecular formula is C14H25N3O. The number of nitrogens with zero attached hydrogens (tertiary/aromatic N) is 2. The first kappa shape index (κ1) is 13.6. The average molecular weight is 251 g/mol. The predicted molar refractivity (Wildman–Crippen MR) is 73.4 cm³/mol. The second-order valence-electron chi connectivity index (χ2n) is 5.36. The summed E-state index contributed by atoms with van der Waals surface area (Å²) in [6, 6.07) is 4.90. The van der Waals surface area contributed by atoms with Crippen LogP contribution in [0.1, 0.15) is 32.1 Å². The van der Waals surface area contributed by atoms with Gasteiger partial charge in [0, 0.05) is 31.7 Å². The molecule has 3 unspecified atom stereocenters. The first-order valence-electron chi connectivity index (χ1n) is 6.86. The smallest absolute Gasteiger partial charge is 0.122 e. The maximum atomic E-state index is 6.30. The summed E-state index contributed by atoms with van der Waals surface area (Å²) < 4.78 is 5.60. The molecule has 4 heteroatoms. The number of nitrogens with two attached hydrogens (primary N) is 1. The van der Waals surface area contributed by atoms with E-state index in [-0.39, 0.29) is 12.1 Å². The van der Waals surface area contributed by atoms with Gasteiger partial charge in [0.1, 0.15) is 5.76 Å². The van der Waals surface area contributed by atoms with Gasteiger partial charge in [0.05, 0.1) is 12.3 Å². The van der Waals surface area contributed by atoms with Gasteiger partial charge in [-0.05, 0) is 32.5 Å². The van der Waals surface area contributed by atoms with E-state index in [2.05, 4.69) is 30.7 Å². The Morgan fingerprint density at radius 3 is 2.83 bits per heavy atom. The molecule has 0 aliphatic carbocycles. The monoisotopic (exact) mass is 251 g/mol. The zero-order valence-corrected chi connectivity index (χ0v) is 11.7. The first-order chi connectivity index (χ1) is 8.63. The second-order valence-corrected chi connectivity index (χ2v) is 5.36. The van der Waals surface area contributed by atoms with Crippen LogP contribution < -0.4 is 5.73 Å². The Morgan fingerprint density at radius 1 is 1.50 bits per heavy atom. The molecule has 2 N–H and O–H groups in total. The highest BCUT2D eigenvalue weighted by molar-refractivity contribution is 5.08. The third-order valence-electron chi connectivity index (χ3n) is 4.10. The molecule has 102 valence electrons. The Labute approximate surface area is 110 Å². The lowest BCUT2D eigenvalue weighted by molar-refractivity contribution is 0.0527. The van der Waals surface area contributed by atoms with E-state index in [1.165, 1.54) is 0 Å². The van der Waals surface area contributed by atoms with Crippen LogP contribution in [0.5, 0.6) is 0 Å². The van der Waals surface area contributed by atoms with Crippen molar-refractivity contribution in [3.8, 4) is 0 Å². The summed E-state index contributed by atoms with van der Waals surface area (Å²) in [6.07, 6.45) is 2.70. The molecular weight excluding hydrogens is 226 g/mol. The number of hydrogen-bond acceptors (Lipinski definition) is 4. The van der Waals surface area contributed by atoms with Gasteiger partial charge < -0.3 is 15.1 Å². The van der Waals surface area contributed by atoms with Crippen LogP contribution in [0.4, 0.5) is 0 Å². The summed E-state index contributed by atoms with van der Waals surface area (Å²) in [5.41, 5.74) is 6.30. The molecule has 1 aromatic rings. The number of furan rings is 1. The molecule has 2 heterocycles. The maximum Gasteiger partial charge on any atom is 0.122 e. The molecule has 1 aromatic heterocycles. The molecule has 0 saturated carbocycles. The number of likely N-dealkylation sites (N-methyl/N-ethyl adjacent to an activating group) is 1. The van der Waals surface area contributed by atoms with Crippen LogP contribution in [0.3, 0.4) is 0 Å². The number of hydrogen-bond donors (Lipinski definition) is 1. The van der Waals surface area contributed by atoms with Gasteiger partial charge in [-0.15, -0.1) is 0 Å². The molecule has 0 aromatic carbocycles. The molecule has 0 amide bonds. The topological polar surface area (TPSA) is 45.6 Å². The van der Waals surface area contributed by atoms with Crippen molar-refractivity contribution in [2.24, 2.45) is 5.73 Å². The van der Waals surface area contributed by atoms with Gasteiger partial charge in [0.2, 0.25) is 0 Å². The Hall–Kier alpha value is -0.840. The number of rotatable bonds is 4. The van der Waals surface area contributed by atoms with E-state index in [0.29, 0.717) is 6.04 Å². The Morgan fingerprint density at radius 2 is 2.28 bits per heavy atom. The van der Waals surface area contributed by atoms with Gasteiger partial charge in [0.25, 0.3) is 0 Å². The molecule has 1 fully saturated rings. The van der Waals surface area contributed by atoms with Gasteiger partial charge >= 0.3 is 0 Å². The van der Waals surface area contributed by atoms with Crippen molar-refractivity contribution in [3.63, 3.8) is 0 Å². The standard InChI is InChI=1S/C14H25N3O/c1-4-12(15)14(13-6-5-9-18-13)17-8-7-16(3)11(2)10-17/h5-6,9,11-12,14H,4,7-8,10,15H2,1-3H3. The largest absolute Gasteiger partial charge is 0.468 e. The van der Waals surface area contributed by atoms with Crippen molar-refractivity contribution >= 4 is 0 Å². The van der Waals surface area contributed by atoms with Crippen LogP contribution in [-0.2, 0) is 0 Å². The number of piperazine rings is 1. The van der Waals surface area contributed by atoms with Crippen molar-refractivity contribution in [1.29, 1.82) is 0 Å². The molecule has 1 aliphatic heterocycles. The lowest BCUT2D eigenvalue weighted by Gasteiger charge is -2.42. The van der Waals surface area contributed by atoms with Crippen LogP contribution >= 0.6 is 0 Å².